The molecule has 1 aromatic heterocycles. The van der Waals surface area contributed by atoms with Crippen molar-refractivity contribution < 1.29 is 10.0 Å². The molecule has 1 N–H and O–H groups in total. The van der Waals surface area contributed by atoms with Crippen molar-refractivity contribution in [1.29, 1.82) is 0 Å². The fourth-order valence-electron chi connectivity index (χ4n) is 0.945. The number of carbonyl (C=O) groups excluding carboxylic acids is 1. The van der Waals surface area contributed by atoms with E-state index in [0.717, 1.165) is 0 Å². The molecule has 4 heteroatoms. The summed E-state index contributed by atoms with van der Waals surface area (Å²) in [5, 5.41) is 11.6. The molecule has 0 aliphatic carbocycles. The molecular weight excluding hydrogens is 168 g/mol. The number of oxime groups is 1. The zero-order valence-corrected chi connectivity index (χ0v) is 7.27. The van der Waals surface area contributed by atoms with Crippen LogP contribution in [0.4, 0.5) is 0 Å². The second kappa shape index (κ2) is 4.35. The zero-order valence-electron chi connectivity index (χ0n) is 7.27. The Balaban J connectivity index is 3.00. The highest BCUT2D eigenvalue weighted by Crippen LogP contribution is 2.01. The Hall–Kier alpha value is -1.71. The molecule has 1 aromatic rings. The molecule has 0 aliphatic rings. The Labute approximate surface area is 75.9 Å². The standard InChI is InChI=1S/C9H10N2O2/c1-2-8(12)9(11-13)7-4-3-5-10-6-7/h3-6,13H,2H2,1H3. The van der Waals surface area contributed by atoms with E-state index in [1.54, 1.807) is 25.3 Å². The van der Waals surface area contributed by atoms with Crippen molar-refractivity contribution in [2.24, 2.45) is 5.16 Å². The van der Waals surface area contributed by atoms with E-state index in [0.29, 0.717) is 12.0 Å². The van der Waals surface area contributed by atoms with Gasteiger partial charge in [-0.2, -0.15) is 0 Å². The molecule has 0 aromatic carbocycles. The summed E-state index contributed by atoms with van der Waals surface area (Å²) in [7, 11) is 0. The second-order valence-corrected chi connectivity index (χ2v) is 2.47. The molecule has 0 spiro atoms. The van der Waals surface area contributed by atoms with Crippen LogP contribution in [0.15, 0.2) is 29.7 Å². The third-order valence-electron chi connectivity index (χ3n) is 1.62. The number of ketones is 1. The highest BCUT2D eigenvalue weighted by atomic mass is 16.4. The molecule has 0 atom stereocenters. The van der Waals surface area contributed by atoms with Crippen LogP contribution in [0.2, 0.25) is 0 Å². The number of hydrogen-bond acceptors (Lipinski definition) is 4. The predicted molar refractivity (Wildman–Crippen MR) is 47.9 cm³/mol. The van der Waals surface area contributed by atoms with Gasteiger partial charge in [0.15, 0.2) is 11.5 Å². The van der Waals surface area contributed by atoms with Crippen molar-refractivity contribution in [1.82, 2.24) is 4.98 Å². The molecule has 0 fully saturated rings. The summed E-state index contributed by atoms with van der Waals surface area (Å²) in [4.78, 5) is 15.1. The van der Waals surface area contributed by atoms with Crippen LogP contribution in [-0.4, -0.2) is 21.7 Å². The lowest BCUT2D eigenvalue weighted by Crippen LogP contribution is -2.14. The molecule has 0 radical (unpaired) electrons. The molecule has 4 nitrogen and oxygen atoms in total. The van der Waals surface area contributed by atoms with Crippen molar-refractivity contribution in [3.8, 4) is 0 Å². The van der Waals surface area contributed by atoms with Crippen molar-refractivity contribution in [2.75, 3.05) is 0 Å². The van der Waals surface area contributed by atoms with E-state index >= 15 is 0 Å². The van der Waals surface area contributed by atoms with Crippen LogP contribution in [-0.2, 0) is 4.79 Å². The van der Waals surface area contributed by atoms with Crippen LogP contribution >= 0.6 is 0 Å². The minimum absolute atomic E-state index is 0.0654. The van der Waals surface area contributed by atoms with Crippen molar-refractivity contribution >= 4 is 11.5 Å². The highest BCUT2D eigenvalue weighted by Gasteiger charge is 2.11. The first kappa shape index (κ1) is 9.38. The van der Waals surface area contributed by atoms with Crippen LogP contribution in [0.1, 0.15) is 18.9 Å². The molecule has 13 heavy (non-hydrogen) atoms. The van der Waals surface area contributed by atoms with Gasteiger partial charge >= 0.3 is 0 Å². The van der Waals surface area contributed by atoms with Crippen molar-refractivity contribution in [3.63, 3.8) is 0 Å². The van der Waals surface area contributed by atoms with Gasteiger partial charge in [-0.1, -0.05) is 12.1 Å². The first-order valence-electron chi connectivity index (χ1n) is 3.95. The number of Topliss-reactive ketones (excluding diaryl/α,β-unsaturated/α-hetero) is 1. The minimum atomic E-state index is -0.199. The fraction of sp³-hybridized carbons (Fsp3) is 0.222. The highest BCUT2D eigenvalue weighted by molar-refractivity contribution is 6.45. The molecule has 0 saturated heterocycles. The molecule has 0 saturated carbocycles. The van der Waals surface area contributed by atoms with Crippen LogP contribution in [0, 0.1) is 0 Å². The SMILES string of the molecule is CCC(=O)C(=NO)c1cccnc1. The van der Waals surface area contributed by atoms with E-state index in [9.17, 15) is 4.79 Å². The van der Waals surface area contributed by atoms with E-state index < -0.39 is 0 Å². The van der Waals surface area contributed by atoms with Gasteiger partial charge in [0, 0.05) is 24.4 Å². The largest absolute Gasteiger partial charge is 0.410 e. The number of hydrogen-bond donors (Lipinski definition) is 1. The van der Waals surface area contributed by atoms with E-state index in [2.05, 4.69) is 10.1 Å². The number of pyridine rings is 1. The molecule has 1 rings (SSSR count). The smallest absolute Gasteiger partial charge is 0.184 e. The summed E-state index contributed by atoms with van der Waals surface area (Å²) in [5.41, 5.74) is 0.604. The van der Waals surface area contributed by atoms with Crippen LogP contribution < -0.4 is 0 Å². The normalized spacial score (nSPS) is 11.3. The summed E-state index contributed by atoms with van der Waals surface area (Å²) in [6.45, 7) is 1.71. The summed E-state index contributed by atoms with van der Waals surface area (Å²) < 4.78 is 0. The molecule has 1 heterocycles. The van der Waals surface area contributed by atoms with Gasteiger partial charge in [-0.15, -0.1) is 0 Å². The maximum Gasteiger partial charge on any atom is 0.184 e. The third-order valence-corrected chi connectivity index (χ3v) is 1.62. The Morgan fingerprint density at radius 3 is 2.92 bits per heavy atom. The average molecular weight is 178 g/mol. The lowest BCUT2D eigenvalue weighted by Gasteiger charge is -1.99. The van der Waals surface area contributed by atoms with Gasteiger partial charge in [0.05, 0.1) is 0 Å². The van der Waals surface area contributed by atoms with Crippen molar-refractivity contribution in [2.45, 2.75) is 13.3 Å². The minimum Gasteiger partial charge on any atom is -0.410 e. The number of rotatable bonds is 3. The fourth-order valence-corrected chi connectivity index (χ4v) is 0.945. The molecule has 0 bridgehead atoms. The monoisotopic (exact) mass is 178 g/mol. The van der Waals surface area contributed by atoms with Crippen molar-refractivity contribution in [3.05, 3.63) is 30.1 Å². The zero-order chi connectivity index (χ0) is 9.68. The maximum absolute atomic E-state index is 11.2. The number of carbonyl (C=O) groups is 1. The number of aromatic nitrogens is 1. The Morgan fingerprint density at radius 1 is 1.69 bits per heavy atom. The third kappa shape index (κ3) is 2.11. The van der Waals surface area contributed by atoms with E-state index in [1.807, 2.05) is 0 Å². The molecule has 0 unspecified atom stereocenters. The van der Waals surface area contributed by atoms with Gasteiger partial charge in [0.2, 0.25) is 0 Å². The topological polar surface area (TPSA) is 62.5 Å². The van der Waals surface area contributed by atoms with Gasteiger partial charge in [-0.3, -0.25) is 9.78 Å². The van der Waals surface area contributed by atoms with E-state index in [-0.39, 0.29) is 11.5 Å². The first-order chi connectivity index (χ1) is 6.29. The lowest BCUT2D eigenvalue weighted by atomic mass is 10.1. The van der Waals surface area contributed by atoms with E-state index in [4.69, 9.17) is 5.21 Å². The Bertz CT molecular complexity index is 320. The van der Waals surface area contributed by atoms with Gasteiger partial charge in [-0.05, 0) is 12.1 Å². The summed E-state index contributed by atoms with van der Waals surface area (Å²) in [5.74, 6) is -0.199. The van der Waals surface area contributed by atoms with Gasteiger partial charge in [0.25, 0.3) is 0 Å². The summed E-state index contributed by atoms with van der Waals surface area (Å²) in [6.07, 6.45) is 3.39. The van der Waals surface area contributed by atoms with Gasteiger partial charge in [0.1, 0.15) is 0 Å². The molecule has 0 aliphatic heterocycles. The molecule has 0 amide bonds. The first-order valence-corrected chi connectivity index (χ1v) is 3.95. The molecule has 68 valence electrons. The number of nitrogens with zero attached hydrogens (tertiary/aromatic N) is 2. The lowest BCUT2D eigenvalue weighted by molar-refractivity contribution is -0.112. The quantitative estimate of drug-likeness (QED) is 0.430. The Kier molecular flexibility index (Phi) is 3.14. The van der Waals surface area contributed by atoms with Gasteiger partial charge in [-0.25, -0.2) is 0 Å². The molecular formula is C9H10N2O2. The van der Waals surface area contributed by atoms with Crippen LogP contribution in [0.3, 0.4) is 0 Å². The Morgan fingerprint density at radius 2 is 2.46 bits per heavy atom. The summed E-state index contributed by atoms with van der Waals surface area (Å²) >= 11 is 0. The predicted octanol–water partition coefficient (Wildman–Crippen LogP) is 1.24. The van der Waals surface area contributed by atoms with Crippen LogP contribution in [0.25, 0.3) is 0 Å². The summed E-state index contributed by atoms with van der Waals surface area (Å²) in [6, 6.07) is 3.36. The maximum atomic E-state index is 11.2. The van der Waals surface area contributed by atoms with E-state index in [1.165, 1.54) is 6.20 Å². The van der Waals surface area contributed by atoms with Crippen LogP contribution in [0.5, 0.6) is 0 Å². The average Bonchev–Trinajstić information content (AvgIpc) is 2.20. The second-order valence-electron chi connectivity index (χ2n) is 2.47. The van der Waals surface area contributed by atoms with Gasteiger partial charge < -0.3 is 5.21 Å².